The highest BCUT2D eigenvalue weighted by atomic mass is 16.8. The number of allylic oxidation sites excluding steroid dienone is 1. The fourth-order valence-electron chi connectivity index (χ4n) is 7.65. The Bertz CT molecular complexity index is 1890. The third-order valence-corrected chi connectivity index (χ3v) is 10.9. The first-order valence-electron chi connectivity index (χ1n) is 20.6. The number of hydrogen-bond acceptors (Lipinski definition) is 14. The van der Waals surface area contributed by atoms with E-state index in [4.69, 9.17) is 60.8 Å². The second-order valence-electron chi connectivity index (χ2n) is 15.1. The number of benzene rings is 3. The summed E-state index contributed by atoms with van der Waals surface area (Å²) in [7, 11) is 1.59. The molecule has 326 valence electrons. The molecule has 16 nitrogen and oxygen atoms in total. The van der Waals surface area contributed by atoms with Gasteiger partial charge in [-0.1, -0.05) is 49.4 Å². The molecule has 6 atom stereocenters. The molecule has 60 heavy (non-hydrogen) atoms. The van der Waals surface area contributed by atoms with Gasteiger partial charge in [0, 0.05) is 73.6 Å². The Hall–Kier alpha value is -4.94. The summed E-state index contributed by atoms with van der Waals surface area (Å²) in [5, 5.41) is 3.31. The van der Waals surface area contributed by atoms with E-state index in [0.29, 0.717) is 79.8 Å². The first kappa shape index (κ1) is 44.6. The van der Waals surface area contributed by atoms with Crippen LogP contribution in [-0.2, 0) is 34.8 Å². The highest BCUT2D eigenvalue weighted by Gasteiger charge is 2.48. The number of amides is 2. The van der Waals surface area contributed by atoms with Gasteiger partial charge in [0.2, 0.25) is 11.8 Å². The van der Waals surface area contributed by atoms with Crippen LogP contribution in [0, 0.1) is 5.92 Å². The van der Waals surface area contributed by atoms with Gasteiger partial charge in [-0.3, -0.25) is 14.5 Å². The van der Waals surface area contributed by atoms with Crippen LogP contribution in [0.3, 0.4) is 0 Å². The number of hydrogen-bond donors (Lipinski definition) is 5. The maximum absolute atomic E-state index is 12.1. The second kappa shape index (κ2) is 22.1. The SMILES string of the molecule is CO[C@H]1O[C@@H]2COC(c3ccccc3)O[C@H]2[C@H](C)[C@H]1OCCCOc1cc(C(N)=O)cc(N)c1NC/C=C/CCc1c(N)cc(C(N)=O)cc1OCCCN1CCOCC1. The minimum Gasteiger partial charge on any atom is -0.493 e. The number of ether oxygens (including phenoxy) is 8. The van der Waals surface area contributed by atoms with Crippen LogP contribution in [0.1, 0.15) is 64.3 Å². The Labute approximate surface area is 351 Å². The number of methoxy groups -OCH3 is 1. The Balaban J connectivity index is 0.995. The van der Waals surface area contributed by atoms with Crippen LogP contribution in [-0.4, -0.2) is 114 Å². The standard InChI is InChI=1S/C44H60N6O10/c1-28-39-37(27-58-43(60-39)29-11-5-3-6-12-29)59-44(53-2)40(28)57-20-10-19-56-36-26-31(42(48)52)24-34(46)38(36)49-14-8-4-7-13-32-33(45)23-30(41(47)51)25-35(32)55-18-9-15-50-16-21-54-22-17-50/h3-6,8,11-12,23-26,28,37,39-40,43-44,49H,7,9-10,13-22,27,45-46H2,1-2H3,(H2,47,51)(H2,48,52)/b8-4+/t28-,37+,39-,40+,43?,44-/m0/s1. The van der Waals surface area contributed by atoms with Gasteiger partial charge in [0.1, 0.15) is 29.4 Å². The van der Waals surface area contributed by atoms with Crippen LogP contribution >= 0.6 is 0 Å². The lowest BCUT2D eigenvalue weighted by Gasteiger charge is -2.48. The van der Waals surface area contributed by atoms with Crippen LogP contribution in [0.25, 0.3) is 0 Å². The number of primary amides is 2. The summed E-state index contributed by atoms with van der Waals surface area (Å²) in [5.41, 5.74) is 27.6. The molecule has 3 saturated heterocycles. The number of nitrogens with one attached hydrogen (secondary N) is 1. The number of nitrogens with zero attached hydrogens (tertiary/aromatic N) is 1. The summed E-state index contributed by atoms with van der Waals surface area (Å²) in [6.07, 6.45) is 4.54. The maximum atomic E-state index is 12.1. The Kier molecular flexibility index (Phi) is 16.4. The molecule has 0 bridgehead atoms. The van der Waals surface area contributed by atoms with Crippen LogP contribution in [0.4, 0.5) is 17.1 Å². The Morgan fingerprint density at radius 3 is 2.32 bits per heavy atom. The lowest BCUT2D eigenvalue weighted by Crippen LogP contribution is -2.59. The molecular weight excluding hydrogens is 773 g/mol. The molecule has 16 heteroatoms. The molecular formula is C44H60N6O10. The van der Waals surface area contributed by atoms with Crippen molar-refractivity contribution in [1.82, 2.24) is 4.90 Å². The Morgan fingerprint density at radius 2 is 1.58 bits per heavy atom. The van der Waals surface area contributed by atoms with E-state index < -0.39 is 24.4 Å². The normalized spacial score (nSPS) is 23.2. The number of rotatable bonds is 21. The molecule has 3 aliphatic heterocycles. The predicted octanol–water partition coefficient (Wildman–Crippen LogP) is 4.03. The smallest absolute Gasteiger partial charge is 0.248 e. The molecule has 0 aliphatic carbocycles. The summed E-state index contributed by atoms with van der Waals surface area (Å²) in [4.78, 5) is 26.4. The topological polar surface area (TPSA) is 227 Å². The minimum absolute atomic E-state index is 0.0495. The van der Waals surface area contributed by atoms with Gasteiger partial charge in [-0.2, -0.15) is 0 Å². The Morgan fingerprint density at radius 1 is 0.883 bits per heavy atom. The number of anilines is 3. The molecule has 0 radical (unpaired) electrons. The van der Waals surface area contributed by atoms with Gasteiger partial charge in [-0.15, -0.1) is 0 Å². The molecule has 3 heterocycles. The molecule has 3 aromatic carbocycles. The van der Waals surface area contributed by atoms with Gasteiger partial charge >= 0.3 is 0 Å². The van der Waals surface area contributed by atoms with Gasteiger partial charge in [0.05, 0.1) is 51.4 Å². The fraction of sp³-hybridized carbons (Fsp3) is 0.500. The van der Waals surface area contributed by atoms with E-state index in [9.17, 15) is 9.59 Å². The van der Waals surface area contributed by atoms with Gasteiger partial charge in [0.25, 0.3) is 0 Å². The van der Waals surface area contributed by atoms with Gasteiger partial charge < -0.3 is 66.1 Å². The molecule has 0 spiro atoms. The minimum atomic E-state index is -0.620. The van der Waals surface area contributed by atoms with Crippen molar-refractivity contribution in [3.8, 4) is 11.5 Å². The second-order valence-corrected chi connectivity index (χ2v) is 15.1. The lowest BCUT2D eigenvalue weighted by molar-refractivity contribution is -0.353. The zero-order valence-electron chi connectivity index (χ0n) is 34.6. The number of carbonyl (C=O) groups excluding carboxylic acids is 2. The third kappa shape index (κ3) is 11.9. The molecule has 6 rings (SSSR count). The average Bonchev–Trinajstić information content (AvgIpc) is 3.25. The summed E-state index contributed by atoms with van der Waals surface area (Å²) >= 11 is 0. The van der Waals surface area contributed by atoms with E-state index in [1.807, 2.05) is 42.5 Å². The quantitative estimate of drug-likeness (QED) is 0.0581. The predicted molar refractivity (Wildman–Crippen MR) is 227 cm³/mol. The average molecular weight is 833 g/mol. The van der Waals surface area contributed by atoms with Crippen molar-refractivity contribution in [2.45, 2.75) is 63.5 Å². The number of morpholine rings is 1. The van der Waals surface area contributed by atoms with Crippen molar-refractivity contribution < 1.29 is 47.5 Å². The number of carbonyl (C=O) groups is 2. The number of nitrogens with two attached hydrogens (primary N) is 4. The molecule has 0 saturated carbocycles. The van der Waals surface area contributed by atoms with Crippen LogP contribution in [0.15, 0.2) is 66.7 Å². The van der Waals surface area contributed by atoms with E-state index in [0.717, 1.165) is 50.4 Å². The number of fused-ring (bicyclic) bond motifs is 1. The molecule has 2 amide bonds. The van der Waals surface area contributed by atoms with Crippen molar-refractivity contribution in [3.63, 3.8) is 0 Å². The van der Waals surface area contributed by atoms with Gasteiger partial charge in [0.15, 0.2) is 12.6 Å². The van der Waals surface area contributed by atoms with E-state index >= 15 is 0 Å². The lowest BCUT2D eigenvalue weighted by atomic mass is 9.89. The van der Waals surface area contributed by atoms with E-state index in [2.05, 4.69) is 17.1 Å². The van der Waals surface area contributed by atoms with Gasteiger partial charge in [-0.25, -0.2) is 0 Å². The monoisotopic (exact) mass is 832 g/mol. The summed E-state index contributed by atoms with van der Waals surface area (Å²) in [6, 6.07) is 16.2. The van der Waals surface area contributed by atoms with Crippen molar-refractivity contribution in [2.24, 2.45) is 17.4 Å². The summed E-state index contributed by atoms with van der Waals surface area (Å²) in [5.74, 6) is -0.282. The third-order valence-electron chi connectivity index (χ3n) is 10.9. The summed E-state index contributed by atoms with van der Waals surface area (Å²) < 4.78 is 48.3. The van der Waals surface area contributed by atoms with Crippen LogP contribution in [0.2, 0.25) is 0 Å². The largest absolute Gasteiger partial charge is 0.493 e. The fourth-order valence-corrected chi connectivity index (χ4v) is 7.65. The van der Waals surface area contributed by atoms with Crippen molar-refractivity contribution in [2.75, 3.05) is 89.7 Å². The molecule has 9 N–H and O–H groups in total. The van der Waals surface area contributed by atoms with Crippen molar-refractivity contribution in [3.05, 3.63) is 89.0 Å². The molecule has 3 fully saturated rings. The zero-order chi connectivity index (χ0) is 42.4. The number of nitrogen functional groups attached to an aromatic ring is 2. The molecule has 3 aliphatic rings. The van der Waals surface area contributed by atoms with E-state index in [-0.39, 0.29) is 36.4 Å². The van der Waals surface area contributed by atoms with E-state index in [1.54, 1.807) is 25.3 Å². The highest BCUT2D eigenvalue weighted by Crippen LogP contribution is 2.38. The van der Waals surface area contributed by atoms with Crippen molar-refractivity contribution in [1.29, 1.82) is 0 Å². The first-order valence-corrected chi connectivity index (χ1v) is 20.6. The highest BCUT2D eigenvalue weighted by molar-refractivity contribution is 5.96. The molecule has 0 aromatic heterocycles. The van der Waals surface area contributed by atoms with E-state index in [1.165, 1.54) is 6.07 Å². The van der Waals surface area contributed by atoms with Gasteiger partial charge in [-0.05, 0) is 43.5 Å². The molecule has 3 aromatic rings. The molecule has 1 unspecified atom stereocenters. The maximum Gasteiger partial charge on any atom is 0.248 e. The van der Waals surface area contributed by atoms with Crippen LogP contribution in [0.5, 0.6) is 11.5 Å². The first-order chi connectivity index (χ1) is 29.1. The zero-order valence-corrected chi connectivity index (χ0v) is 34.6. The van der Waals surface area contributed by atoms with Crippen LogP contribution < -0.4 is 37.7 Å². The van der Waals surface area contributed by atoms with Crippen molar-refractivity contribution >= 4 is 28.9 Å². The summed E-state index contributed by atoms with van der Waals surface area (Å²) in [6.45, 7) is 8.15.